The molecule has 0 bridgehead atoms. The van der Waals surface area contributed by atoms with Gasteiger partial charge in [-0.1, -0.05) is 23.7 Å². The molecular weight excluding hydrogens is 295 g/mol. The van der Waals surface area contributed by atoms with E-state index in [1.807, 2.05) is 0 Å². The summed E-state index contributed by atoms with van der Waals surface area (Å²) in [6.07, 6.45) is 0.00686. The molecule has 3 nitrogen and oxygen atoms in total. The van der Waals surface area contributed by atoms with Gasteiger partial charge in [-0.15, -0.1) is 0 Å². The summed E-state index contributed by atoms with van der Waals surface area (Å²) in [5.74, 6) is 0.302. The van der Waals surface area contributed by atoms with Crippen LogP contribution < -0.4 is 9.47 Å². The third-order valence-electron chi connectivity index (χ3n) is 3.06. The Hall–Kier alpha value is -2.07. The SMILES string of the molecule is COc1cc(OC)cc(C(=O)Cc2cccc(F)c2Cl)c1. The second-order valence-electron chi connectivity index (χ2n) is 4.41. The molecule has 0 radical (unpaired) electrons. The van der Waals surface area contributed by atoms with Crippen LogP contribution in [0.3, 0.4) is 0 Å². The van der Waals surface area contributed by atoms with Gasteiger partial charge in [-0.05, 0) is 23.8 Å². The first kappa shape index (κ1) is 15.3. The van der Waals surface area contributed by atoms with Gasteiger partial charge in [0.1, 0.15) is 17.3 Å². The van der Waals surface area contributed by atoms with E-state index in [2.05, 4.69) is 0 Å². The Morgan fingerprint density at radius 2 is 1.76 bits per heavy atom. The Labute approximate surface area is 127 Å². The molecule has 0 saturated carbocycles. The van der Waals surface area contributed by atoms with E-state index >= 15 is 0 Å². The molecule has 2 aromatic carbocycles. The fraction of sp³-hybridized carbons (Fsp3) is 0.188. The third kappa shape index (κ3) is 3.52. The molecule has 110 valence electrons. The first-order valence-electron chi connectivity index (χ1n) is 6.24. The molecule has 5 heteroatoms. The van der Waals surface area contributed by atoms with Crippen molar-refractivity contribution in [2.24, 2.45) is 0 Å². The first-order chi connectivity index (χ1) is 10.0. The van der Waals surface area contributed by atoms with Crippen LogP contribution in [0.5, 0.6) is 11.5 Å². The van der Waals surface area contributed by atoms with Gasteiger partial charge >= 0.3 is 0 Å². The summed E-state index contributed by atoms with van der Waals surface area (Å²) in [4.78, 5) is 12.3. The number of hydrogen-bond acceptors (Lipinski definition) is 3. The van der Waals surface area contributed by atoms with Crippen molar-refractivity contribution in [2.75, 3.05) is 14.2 Å². The smallest absolute Gasteiger partial charge is 0.167 e. The molecule has 0 fully saturated rings. The second kappa shape index (κ2) is 6.59. The second-order valence-corrected chi connectivity index (χ2v) is 4.79. The van der Waals surface area contributed by atoms with Crippen LogP contribution in [-0.2, 0) is 6.42 Å². The standard InChI is InChI=1S/C16H14ClFO3/c1-20-12-6-11(7-13(9-12)21-2)15(19)8-10-4-3-5-14(18)16(10)17/h3-7,9H,8H2,1-2H3. The molecule has 0 spiro atoms. The van der Waals surface area contributed by atoms with Crippen LogP contribution in [0.15, 0.2) is 36.4 Å². The monoisotopic (exact) mass is 308 g/mol. The van der Waals surface area contributed by atoms with E-state index < -0.39 is 5.82 Å². The van der Waals surface area contributed by atoms with Crippen LogP contribution in [0.1, 0.15) is 15.9 Å². The van der Waals surface area contributed by atoms with Crippen LogP contribution in [0.4, 0.5) is 4.39 Å². The zero-order valence-electron chi connectivity index (χ0n) is 11.7. The number of ether oxygens (including phenoxy) is 2. The molecule has 0 heterocycles. The lowest BCUT2D eigenvalue weighted by atomic mass is 10.0. The van der Waals surface area contributed by atoms with E-state index in [0.717, 1.165) is 0 Å². The lowest BCUT2D eigenvalue weighted by Gasteiger charge is -2.09. The van der Waals surface area contributed by atoms with E-state index in [-0.39, 0.29) is 17.2 Å². The lowest BCUT2D eigenvalue weighted by molar-refractivity contribution is 0.0992. The molecule has 0 aliphatic heterocycles. The highest BCUT2D eigenvalue weighted by molar-refractivity contribution is 6.31. The van der Waals surface area contributed by atoms with Gasteiger partial charge < -0.3 is 9.47 Å². The van der Waals surface area contributed by atoms with E-state index in [1.54, 1.807) is 24.3 Å². The molecule has 0 amide bonds. The number of halogens is 2. The summed E-state index contributed by atoms with van der Waals surface area (Å²) < 4.78 is 23.6. The van der Waals surface area contributed by atoms with Crippen molar-refractivity contribution in [1.29, 1.82) is 0 Å². The molecule has 0 aromatic heterocycles. The Bertz CT molecular complexity index is 648. The topological polar surface area (TPSA) is 35.5 Å². The normalized spacial score (nSPS) is 10.3. The van der Waals surface area contributed by atoms with Crippen molar-refractivity contribution >= 4 is 17.4 Å². The Morgan fingerprint density at radius 1 is 1.14 bits per heavy atom. The molecule has 0 saturated heterocycles. The van der Waals surface area contributed by atoms with Gasteiger partial charge in [0.05, 0.1) is 19.2 Å². The van der Waals surface area contributed by atoms with Gasteiger partial charge in [0.15, 0.2) is 5.78 Å². The van der Waals surface area contributed by atoms with E-state index in [0.29, 0.717) is 22.6 Å². The van der Waals surface area contributed by atoms with E-state index in [4.69, 9.17) is 21.1 Å². The van der Waals surface area contributed by atoms with Gasteiger partial charge in [0.2, 0.25) is 0 Å². The maximum Gasteiger partial charge on any atom is 0.167 e. The van der Waals surface area contributed by atoms with E-state index in [1.165, 1.54) is 26.4 Å². The number of carbonyl (C=O) groups excluding carboxylic acids is 1. The largest absolute Gasteiger partial charge is 0.497 e. The molecule has 21 heavy (non-hydrogen) atoms. The minimum Gasteiger partial charge on any atom is -0.497 e. The summed E-state index contributed by atoms with van der Waals surface area (Å²) in [5, 5.41) is -0.0271. The molecular formula is C16H14ClFO3. The molecule has 0 N–H and O–H groups in total. The summed E-state index contributed by atoms with van der Waals surface area (Å²) >= 11 is 5.87. The lowest BCUT2D eigenvalue weighted by Crippen LogP contribution is -2.05. The van der Waals surface area contributed by atoms with Gasteiger partial charge in [-0.3, -0.25) is 4.79 Å². The zero-order chi connectivity index (χ0) is 15.4. The van der Waals surface area contributed by atoms with Gasteiger partial charge in [-0.25, -0.2) is 4.39 Å². The highest BCUT2D eigenvalue weighted by Crippen LogP contribution is 2.25. The van der Waals surface area contributed by atoms with Crippen molar-refractivity contribution < 1.29 is 18.7 Å². The fourth-order valence-corrected chi connectivity index (χ4v) is 2.12. The van der Waals surface area contributed by atoms with Crippen LogP contribution in [-0.4, -0.2) is 20.0 Å². The van der Waals surface area contributed by atoms with Gasteiger partial charge in [0.25, 0.3) is 0 Å². The number of Topliss-reactive ketones (excluding diaryl/α,β-unsaturated/α-hetero) is 1. The van der Waals surface area contributed by atoms with Crippen molar-refractivity contribution in [3.8, 4) is 11.5 Å². The number of hydrogen-bond donors (Lipinski definition) is 0. The number of methoxy groups -OCH3 is 2. The first-order valence-corrected chi connectivity index (χ1v) is 6.62. The van der Waals surface area contributed by atoms with Crippen LogP contribution in [0.2, 0.25) is 5.02 Å². The number of benzene rings is 2. The highest BCUT2D eigenvalue weighted by atomic mass is 35.5. The quantitative estimate of drug-likeness (QED) is 0.785. The Kier molecular flexibility index (Phi) is 4.81. The van der Waals surface area contributed by atoms with Crippen LogP contribution >= 0.6 is 11.6 Å². The number of carbonyl (C=O) groups is 1. The predicted octanol–water partition coefficient (Wildman–Crippen LogP) is 3.92. The summed E-state index contributed by atoms with van der Waals surface area (Å²) in [5.41, 5.74) is 0.870. The molecule has 2 rings (SSSR count). The fourth-order valence-electron chi connectivity index (χ4n) is 1.93. The minimum absolute atomic E-state index is 0.00686. The van der Waals surface area contributed by atoms with Gasteiger partial charge in [-0.2, -0.15) is 0 Å². The van der Waals surface area contributed by atoms with Crippen molar-refractivity contribution in [3.63, 3.8) is 0 Å². The average molecular weight is 309 g/mol. The molecule has 2 aromatic rings. The van der Waals surface area contributed by atoms with Gasteiger partial charge in [0, 0.05) is 18.1 Å². The van der Waals surface area contributed by atoms with Crippen LogP contribution in [0, 0.1) is 5.82 Å². The predicted molar refractivity (Wildman–Crippen MR) is 79.0 cm³/mol. The molecule has 0 aliphatic carbocycles. The average Bonchev–Trinajstić information content (AvgIpc) is 2.51. The maximum atomic E-state index is 13.4. The highest BCUT2D eigenvalue weighted by Gasteiger charge is 2.14. The van der Waals surface area contributed by atoms with E-state index in [9.17, 15) is 9.18 Å². The Balaban J connectivity index is 2.30. The Morgan fingerprint density at radius 3 is 2.33 bits per heavy atom. The summed E-state index contributed by atoms with van der Waals surface area (Å²) in [7, 11) is 3.01. The number of ketones is 1. The third-order valence-corrected chi connectivity index (χ3v) is 3.48. The maximum absolute atomic E-state index is 13.4. The summed E-state index contributed by atoms with van der Waals surface area (Å²) in [6.45, 7) is 0. The number of rotatable bonds is 5. The molecule has 0 atom stereocenters. The van der Waals surface area contributed by atoms with Crippen LogP contribution in [0.25, 0.3) is 0 Å². The zero-order valence-corrected chi connectivity index (χ0v) is 12.4. The van der Waals surface area contributed by atoms with Crippen molar-refractivity contribution in [2.45, 2.75) is 6.42 Å². The summed E-state index contributed by atoms with van der Waals surface area (Å²) in [6, 6.07) is 9.30. The van der Waals surface area contributed by atoms with Crippen molar-refractivity contribution in [3.05, 3.63) is 58.4 Å². The molecule has 0 aliphatic rings. The van der Waals surface area contributed by atoms with Crippen molar-refractivity contribution in [1.82, 2.24) is 0 Å². The molecule has 0 unspecified atom stereocenters. The minimum atomic E-state index is -0.537.